The highest BCUT2D eigenvalue weighted by Crippen LogP contribution is 2.41. The summed E-state index contributed by atoms with van der Waals surface area (Å²) in [5.74, 6) is 1.76. The maximum absolute atomic E-state index is 10.3. The number of nitrogens with zero attached hydrogens (tertiary/aromatic N) is 1. The Kier molecular flexibility index (Phi) is 3.87. The number of hydrogen-bond donors (Lipinski definition) is 1. The van der Waals surface area contributed by atoms with Crippen LogP contribution >= 0.6 is 11.8 Å². The summed E-state index contributed by atoms with van der Waals surface area (Å²) in [6, 6.07) is 0. The summed E-state index contributed by atoms with van der Waals surface area (Å²) in [5, 5.41) is 11.0. The SMILES string of the molecule is CC1CN(CC2CCC(C)(C)C2O)CCS1. The monoisotopic (exact) mass is 243 g/mol. The molecule has 16 heavy (non-hydrogen) atoms. The van der Waals surface area contributed by atoms with E-state index in [0.29, 0.717) is 5.92 Å². The molecule has 1 aliphatic carbocycles. The average Bonchev–Trinajstić information content (AvgIpc) is 2.45. The lowest BCUT2D eigenvalue weighted by Gasteiger charge is -2.34. The molecule has 1 heterocycles. The summed E-state index contributed by atoms with van der Waals surface area (Å²) >= 11 is 2.08. The molecular weight excluding hydrogens is 218 g/mol. The van der Waals surface area contributed by atoms with E-state index in [9.17, 15) is 5.11 Å². The van der Waals surface area contributed by atoms with E-state index in [2.05, 4.69) is 37.4 Å². The van der Waals surface area contributed by atoms with Crippen LogP contribution in [-0.2, 0) is 0 Å². The molecule has 0 amide bonds. The zero-order valence-corrected chi connectivity index (χ0v) is 11.6. The van der Waals surface area contributed by atoms with Crippen molar-refractivity contribution in [3.8, 4) is 0 Å². The van der Waals surface area contributed by atoms with Crippen LogP contribution in [0.1, 0.15) is 33.6 Å². The summed E-state index contributed by atoms with van der Waals surface area (Å²) in [4.78, 5) is 2.55. The predicted octanol–water partition coefficient (Wildman–Crippen LogP) is 2.22. The van der Waals surface area contributed by atoms with Crippen molar-refractivity contribution in [2.75, 3.05) is 25.4 Å². The minimum absolute atomic E-state index is 0.0996. The quantitative estimate of drug-likeness (QED) is 0.804. The molecule has 0 aromatic carbocycles. The summed E-state index contributed by atoms with van der Waals surface area (Å²) in [6.07, 6.45) is 2.28. The number of hydrogen-bond acceptors (Lipinski definition) is 3. The van der Waals surface area contributed by atoms with Gasteiger partial charge in [0.25, 0.3) is 0 Å². The van der Waals surface area contributed by atoms with Gasteiger partial charge in [-0.1, -0.05) is 20.8 Å². The topological polar surface area (TPSA) is 23.5 Å². The van der Waals surface area contributed by atoms with E-state index in [4.69, 9.17) is 0 Å². The summed E-state index contributed by atoms with van der Waals surface area (Å²) in [6.45, 7) is 10.2. The van der Waals surface area contributed by atoms with Crippen molar-refractivity contribution in [1.82, 2.24) is 4.90 Å². The molecule has 2 fully saturated rings. The molecule has 0 aromatic rings. The fourth-order valence-corrected chi connectivity index (χ4v) is 4.16. The Bertz CT molecular complexity index is 244. The first kappa shape index (κ1) is 12.7. The van der Waals surface area contributed by atoms with Gasteiger partial charge in [0, 0.05) is 30.6 Å². The normalized spacial score (nSPS) is 40.1. The average molecular weight is 243 g/mol. The standard InChI is InChI=1S/C13H25NOS/c1-10-8-14(6-7-16-10)9-11-4-5-13(2,3)12(11)15/h10-12,15H,4-9H2,1-3H3. The van der Waals surface area contributed by atoms with Crippen LogP contribution in [0.2, 0.25) is 0 Å². The third-order valence-electron chi connectivity index (χ3n) is 4.22. The van der Waals surface area contributed by atoms with Crippen LogP contribution < -0.4 is 0 Å². The van der Waals surface area contributed by atoms with Gasteiger partial charge in [-0.15, -0.1) is 0 Å². The van der Waals surface area contributed by atoms with E-state index in [1.54, 1.807) is 0 Å². The largest absolute Gasteiger partial charge is 0.392 e. The molecule has 0 spiro atoms. The molecule has 94 valence electrons. The summed E-state index contributed by atoms with van der Waals surface area (Å²) in [5.41, 5.74) is 0.140. The second-order valence-electron chi connectivity index (χ2n) is 6.17. The number of rotatable bonds is 2. The Morgan fingerprint density at radius 3 is 2.75 bits per heavy atom. The molecule has 2 rings (SSSR count). The van der Waals surface area contributed by atoms with Gasteiger partial charge < -0.3 is 10.0 Å². The molecule has 1 saturated heterocycles. The lowest BCUT2D eigenvalue weighted by Crippen LogP contribution is -2.42. The van der Waals surface area contributed by atoms with Crippen LogP contribution in [0.5, 0.6) is 0 Å². The maximum Gasteiger partial charge on any atom is 0.0631 e. The second kappa shape index (κ2) is 4.87. The second-order valence-corrected chi connectivity index (χ2v) is 7.72. The predicted molar refractivity (Wildman–Crippen MR) is 70.9 cm³/mol. The van der Waals surface area contributed by atoms with Crippen molar-refractivity contribution < 1.29 is 5.11 Å². The van der Waals surface area contributed by atoms with Gasteiger partial charge in [-0.05, 0) is 24.2 Å². The molecular formula is C13H25NOS. The number of aliphatic hydroxyl groups is 1. The molecule has 1 saturated carbocycles. The number of thioether (sulfide) groups is 1. The van der Waals surface area contributed by atoms with Crippen LogP contribution in [0.25, 0.3) is 0 Å². The van der Waals surface area contributed by atoms with E-state index in [1.807, 2.05) is 0 Å². The Hall–Kier alpha value is 0.270. The van der Waals surface area contributed by atoms with Gasteiger partial charge in [-0.3, -0.25) is 0 Å². The molecule has 2 nitrogen and oxygen atoms in total. The zero-order chi connectivity index (χ0) is 11.8. The van der Waals surface area contributed by atoms with Crippen LogP contribution in [-0.4, -0.2) is 46.7 Å². The lowest BCUT2D eigenvalue weighted by atomic mass is 9.87. The van der Waals surface area contributed by atoms with Gasteiger partial charge in [-0.2, -0.15) is 11.8 Å². The van der Waals surface area contributed by atoms with Gasteiger partial charge in [0.15, 0.2) is 0 Å². The Morgan fingerprint density at radius 2 is 2.19 bits per heavy atom. The van der Waals surface area contributed by atoms with E-state index >= 15 is 0 Å². The number of aliphatic hydroxyl groups excluding tert-OH is 1. The van der Waals surface area contributed by atoms with E-state index < -0.39 is 0 Å². The fourth-order valence-electron chi connectivity index (χ4n) is 3.08. The smallest absolute Gasteiger partial charge is 0.0631 e. The highest BCUT2D eigenvalue weighted by molar-refractivity contribution is 7.99. The Labute approximate surface area is 104 Å². The zero-order valence-electron chi connectivity index (χ0n) is 10.8. The van der Waals surface area contributed by atoms with Gasteiger partial charge in [-0.25, -0.2) is 0 Å². The van der Waals surface area contributed by atoms with Gasteiger partial charge in [0.2, 0.25) is 0 Å². The third-order valence-corrected chi connectivity index (χ3v) is 5.36. The third kappa shape index (κ3) is 2.74. The van der Waals surface area contributed by atoms with Crippen molar-refractivity contribution in [1.29, 1.82) is 0 Å². The molecule has 0 bridgehead atoms. The maximum atomic E-state index is 10.3. The molecule has 3 heteroatoms. The van der Waals surface area contributed by atoms with Crippen molar-refractivity contribution in [3.63, 3.8) is 0 Å². The first-order valence-corrected chi connectivity index (χ1v) is 7.56. The summed E-state index contributed by atoms with van der Waals surface area (Å²) in [7, 11) is 0. The highest BCUT2D eigenvalue weighted by atomic mass is 32.2. The van der Waals surface area contributed by atoms with E-state index in [-0.39, 0.29) is 11.5 Å². The molecule has 0 radical (unpaired) electrons. The highest BCUT2D eigenvalue weighted by Gasteiger charge is 2.41. The lowest BCUT2D eigenvalue weighted by molar-refractivity contribution is 0.0332. The van der Waals surface area contributed by atoms with E-state index in [0.717, 1.165) is 11.8 Å². The molecule has 3 unspecified atom stereocenters. The Balaban J connectivity index is 1.86. The first-order chi connectivity index (χ1) is 7.49. The van der Waals surface area contributed by atoms with Gasteiger partial charge in [0.1, 0.15) is 0 Å². The van der Waals surface area contributed by atoms with Crippen LogP contribution in [0.3, 0.4) is 0 Å². The molecule has 2 aliphatic rings. The molecule has 0 aromatic heterocycles. The van der Waals surface area contributed by atoms with Crippen molar-refractivity contribution in [3.05, 3.63) is 0 Å². The van der Waals surface area contributed by atoms with Crippen LogP contribution in [0.15, 0.2) is 0 Å². The molecule has 1 aliphatic heterocycles. The van der Waals surface area contributed by atoms with Gasteiger partial charge in [0.05, 0.1) is 6.10 Å². The van der Waals surface area contributed by atoms with Crippen molar-refractivity contribution in [2.45, 2.75) is 45.0 Å². The van der Waals surface area contributed by atoms with Crippen molar-refractivity contribution in [2.24, 2.45) is 11.3 Å². The minimum atomic E-state index is -0.0996. The summed E-state index contributed by atoms with van der Waals surface area (Å²) < 4.78 is 0. The van der Waals surface area contributed by atoms with Crippen LogP contribution in [0.4, 0.5) is 0 Å². The first-order valence-electron chi connectivity index (χ1n) is 6.51. The fraction of sp³-hybridized carbons (Fsp3) is 1.00. The van der Waals surface area contributed by atoms with E-state index in [1.165, 1.54) is 31.7 Å². The van der Waals surface area contributed by atoms with Crippen molar-refractivity contribution >= 4 is 11.8 Å². The Morgan fingerprint density at radius 1 is 1.44 bits per heavy atom. The van der Waals surface area contributed by atoms with Gasteiger partial charge >= 0.3 is 0 Å². The van der Waals surface area contributed by atoms with Crippen LogP contribution in [0, 0.1) is 11.3 Å². The molecule has 3 atom stereocenters. The minimum Gasteiger partial charge on any atom is -0.392 e. The molecule has 1 N–H and O–H groups in total.